The number of rotatable bonds is 9. The SMILES string of the molecule is CCc1nccn1CCNS(=O)(=O)c1cc(S(=O)(=O)c2ccc(F)cc2)ccc1C(C)C. The highest BCUT2D eigenvalue weighted by Gasteiger charge is 2.25. The van der Waals surface area contributed by atoms with Crippen molar-refractivity contribution < 1.29 is 21.2 Å². The number of nitrogens with zero attached hydrogens (tertiary/aromatic N) is 2. The Bertz CT molecular complexity index is 1300. The van der Waals surface area contributed by atoms with Crippen LogP contribution in [0.4, 0.5) is 4.39 Å². The monoisotopic (exact) mass is 479 g/mol. The van der Waals surface area contributed by atoms with Crippen LogP contribution in [0.25, 0.3) is 0 Å². The van der Waals surface area contributed by atoms with Crippen LogP contribution in [0.1, 0.15) is 38.1 Å². The van der Waals surface area contributed by atoms with Gasteiger partial charge in [0.25, 0.3) is 0 Å². The lowest BCUT2D eigenvalue weighted by Gasteiger charge is -2.16. The molecule has 0 unspecified atom stereocenters. The molecule has 2 aromatic carbocycles. The lowest BCUT2D eigenvalue weighted by molar-refractivity contribution is 0.567. The third-order valence-electron chi connectivity index (χ3n) is 5.09. The van der Waals surface area contributed by atoms with Crippen LogP contribution in [-0.2, 0) is 32.8 Å². The molecule has 0 aliphatic rings. The largest absolute Gasteiger partial charge is 0.334 e. The van der Waals surface area contributed by atoms with Crippen molar-refractivity contribution in [3.63, 3.8) is 0 Å². The van der Waals surface area contributed by atoms with E-state index in [-0.39, 0.29) is 27.1 Å². The number of imidazole rings is 1. The summed E-state index contributed by atoms with van der Waals surface area (Å²) in [6, 6.07) is 8.48. The van der Waals surface area contributed by atoms with Gasteiger partial charge in [-0.05, 0) is 47.9 Å². The molecule has 0 radical (unpaired) electrons. The molecule has 1 aromatic heterocycles. The second-order valence-electron chi connectivity index (χ2n) is 7.60. The number of sulfone groups is 1. The topological polar surface area (TPSA) is 98.1 Å². The molecule has 0 atom stereocenters. The quantitative estimate of drug-likeness (QED) is 0.474. The van der Waals surface area contributed by atoms with Gasteiger partial charge in [-0.1, -0.05) is 26.8 Å². The molecule has 10 heteroatoms. The molecule has 0 saturated carbocycles. The fourth-order valence-electron chi connectivity index (χ4n) is 3.38. The summed E-state index contributed by atoms with van der Waals surface area (Å²) in [5.41, 5.74) is 0.507. The Balaban J connectivity index is 1.94. The van der Waals surface area contributed by atoms with Crippen molar-refractivity contribution in [3.05, 3.63) is 72.1 Å². The Morgan fingerprint density at radius 1 is 1.03 bits per heavy atom. The van der Waals surface area contributed by atoms with Gasteiger partial charge >= 0.3 is 0 Å². The second-order valence-corrected chi connectivity index (χ2v) is 11.3. The van der Waals surface area contributed by atoms with Gasteiger partial charge in [0.2, 0.25) is 19.9 Å². The Labute approximate surface area is 188 Å². The summed E-state index contributed by atoms with van der Waals surface area (Å²) in [7, 11) is -8.01. The Kier molecular flexibility index (Phi) is 7.16. The van der Waals surface area contributed by atoms with Gasteiger partial charge in [-0.2, -0.15) is 0 Å². The van der Waals surface area contributed by atoms with Crippen LogP contribution in [-0.4, -0.2) is 32.9 Å². The van der Waals surface area contributed by atoms with Crippen molar-refractivity contribution in [1.82, 2.24) is 14.3 Å². The van der Waals surface area contributed by atoms with Crippen molar-refractivity contribution in [1.29, 1.82) is 0 Å². The van der Waals surface area contributed by atoms with E-state index in [0.717, 1.165) is 36.5 Å². The zero-order valence-electron chi connectivity index (χ0n) is 18.1. The van der Waals surface area contributed by atoms with Gasteiger partial charge in [0.15, 0.2) is 0 Å². The van der Waals surface area contributed by atoms with E-state index in [1.807, 2.05) is 25.3 Å². The molecule has 3 aromatic rings. The number of nitrogens with one attached hydrogen (secondary N) is 1. The maximum absolute atomic E-state index is 13.2. The average molecular weight is 480 g/mol. The number of hydrogen-bond donors (Lipinski definition) is 1. The van der Waals surface area contributed by atoms with Crippen LogP contribution in [0, 0.1) is 5.82 Å². The summed E-state index contributed by atoms with van der Waals surface area (Å²) in [5, 5.41) is 0. The van der Waals surface area contributed by atoms with Crippen LogP contribution < -0.4 is 4.72 Å². The molecule has 1 heterocycles. The predicted molar refractivity (Wildman–Crippen MR) is 119 cm³/mol. The highest BCUT2D eigenvalue weighted by molar-refractivity contribution is 7.91. The van der Waals surface area contributed by atoms with E-state index in [0.29, 0.717) is 12.1 Å². The molecule has 0 aliphatic heterocycles. The van der Waals surface area contributed by atoms with E-state index < -0.39 is 25.7 Å². The maximum atomic E-state index is 13.2. The van der Waals surface area contributed by atoms with E-state index >= 15 is 0 Å². The zero-order valence-corrected chi connectivity index (χ0v) is 19.7. The predicted octanol–water partition coefficient (Wildman–Crippen LogP) is 3.52. The molecule has 7 nitrogen and oxygen atoms in total. The van der Waals surface area contributed by atoms with Gasteiger partial charge in [0, 0.05) is 31.9 Å². The van der Waals surface area contributed by atoms with Gasteiger partial charge in [0.05, 0.1) is 14.7 Å². The van der Waals surface area contributed by atoms with E-state index in [1.54, 1.807) is 12.4 Å². The molecule has 3 rings (SSSR count). The summed E-state index contributed by atoms with van der Waals surface area (Å²) < 4.78 is 69.9. The standard InChI is InChI=1S/C22H26FN3O4S2/c1-4-22-24-11-13-26(22)14-12-25-32(29,30)21-15-19(9-10-20(21)16(2)3)31(27,28)18-7-5-17(23)6-8-18/h5-11,13,15-16,25H,4,12,14H2,1-3H3. The van der Waals surface area contributed by atoms with Crippen molar-refractivity contribution in [2.24, 2.45) is 0 Å². The molecule has 0 bridgehead atoms. The Hall–Kier alpha value is -2.56. The smallest absolute Gasteiger partial charge is 0.240 e. The fourth-order valence-corrected chi connectivity index (χ4v) is 6.15. The number of aryl methyl sites for hydroxylation is 1. The Morgan fingerprint density at radius 3 is 2.31 bits per heavy atom. The minimum absolute atomic E-state index is 0.0861. The molecule has 0 fully saturated rings. The van der Waals surface area contributed by atoms with E-state index in [2.05, 4.69) is 9.71 Å². The lowest BCUT2D eigenvalue weighted by atomic mass is 10.0. The van der Waals surface area contributed by atoms with Crippen LogP contribution in [0.3, 0.4) is 0 Å². The first-order chi connectivity index (χ1) is 15.1. The van der Waals surface area contributed by atoms with Crippen LogP contribution in [0.5, 0.6) is 0 Å². The summed E-state index contributed by atoms with van der Waals surface area (Å²) in [6.07, 6.45) is 4.16. The van der Waals surface area contributed by atoms with Gasteiger partial charge in [0.1, 0.15) is 11.6 Å². The minimum Gasteiger partial charge on any atom is -0.334 e. The van der Waals surface area contributed by atoms with Crippen molar-refractivity contribution >= 4 is 19.9 Å². The highest BCUT2D eigenvalue weighted by Crippen LogP contribution is 2.29. The third kappa shape index (κ3) is 5.08. The summed E-state index contributed by atoms with van der Waals surface area (Å²) >= 11 is 0. The summed E-state index contributed by atoms with van der Waals surface area (Å²) in [5.74, 6) is 0.139. The van der Waals surface area contributed by atoms with Gasteiger partial charge in [-0.25, -0.2) is 30.9 Å². The summed E-state index contributed by atoms with van der Waals surface area (Å²) in [4.78, 5) is 3.85. The van der Waals surface area contributed by atoms with Gasteiger partial charge in [-0.3, -0.25) is 0 Å². The molecule has 0 aliphatic carbocycles. The first-order valence-corrected chi connectivity index (χ1v) is 13.2. The number of hydrogen-bond acceptors (Lipinski definition) is 5. The molecule has 1 N–H and O–H groups in total. The van der Waals surface area contributed by atoms with Gasteiger partial charge < -0.3 is 4.57 Å². The number of benzene rings is 2. The highest BCUT2D eigenvalue weighted by atomic mass is 32.2. The number of sulfonamides is 1. The van der Waals surface area contributed by atoms with Crippen molar-refractivity contribution in [2.45, 2.75) is 54.3 Å². The fraction of sp³-hybridized carbons (Fsp3) is 0.318. The molecular weight excluding hydrogens is 453 g/mol. The maximum Gasteiger partial charge on any atom is 0.240 e. The Morgan fingerprint density at radius 2 is 1.69 bits per heavy atom. The first-order valence-electron chi connectivity index (χ1n) is 10.2. The summed E-state index contributed by atoms with van der Waals surface area (Å²) in [6.45, 7) is 6.15. The average Bonchev–Trinajstić information content (AvgIpc) is 3.21. The van der Waals surface area contributed by atoms with E-state index in [4.69, 9.17) is 0 Å². The van der Waals surface area contributed by atoms with Crippen LogP contribution in [0.2, 0.25) is 0 Å². The van der Waals surface area contributed by atoms with E-state index in [9.17, 15) is 21.2 Å². The van der Waals surface area contributed by atoms with Crippen LogP contribution in [0.15, 0.2) is 69.5 Å². The molecule has 0 amide bonds. The van der Waals surface area contributed by atoms with Crippen molar-refractivity contribution in [2.75, 3.05) is 6.54 Å². The molecule has 172 valence electrons. The van der Waals surface area contributed by atoms with Crippen LogP contribution >= 0.6 is 0 Å². The van der Waals surface area contributed by atoms with E-state index in [1.165, 1.54) is 18.2 Å². The van der Waals surface area contributed by atoms with Crippen molar-refractivity contribution in [3.8, 4) is 0 Å². The zero-order chi connectivity index (χ0) is 23.5. The lowest BCUT2D eigenvalue weighted by Crippen LogP contribution is -2.29. The number of aromatic nitrogens is 2. The minimum atomic E-state index is -4.02. The molecule has 0 saturated heterocycles. The number of halogens is 1. The third-order valence-corrected chi connectivity index (χ3v) is 8.38. The molecular formula is C22H26FN3O4S2. The molecule has 0 spiro atoms. The molecule has 32 heavy (non-hydrogen) atoms. The normalized spacial score (nSPS) is 12.4. The second kappa shape index (κ2) is 9.51. The van der Waals surface area contributed by atoms with Gasteiger partial charge in [-0.15, -0.1) is 0 Å². The first kappa shape index (κ1) is 24.1.